The second-order valence-electron chi connectivity index (χ2n) is 6.70. The van der Waals surface area contributed by atoms with Crippen molar-refractivity contribution in [2.45, 2.75) is 44.1 Å². The molecule has 1 atom stereocenters. The smallest absolute Gasteiger partial charge is 0.227 e. The van der Waals surface area contributed by atoms with Crippen LogP contribution in [0.15, 0.2) is 0 Å². The second-order valence-corrected chi connectivity index (χ2v) is 6.70. The van der Waals surface area contributed by atoms with Gasteiger partial charge in [0.15, 0.2) is 0 Å². The van der Waals surface area contributed by atoms with Crippen LogP contribution in [0.3, 0.4) is 0 Å². The van der Waals surface area contributed by atoms with Crippen molar-refractivity contribution in [3.05, 3.63) is 0 Å². The number of halogens is 2. The van der Waals surface area contributed by atoms with Crippen LogP contribution < -0.4 is 5.32 Å². The van der Waals surface area contributed by atoms with Gasteiger partial charge in [0.1, 0.15) is 0 Å². The molecule has 0 aromatic carbocycles. The van der Waals surface area contributed by atoms with Crippen molar-refractivity contribution in [3.63, 3.8) is 0 Å². The highest BCUT2D eigenvalue weighted by molar-refractivity contribution is 5.85. The molecule has 0 aromatic rings. The molecule has 2 heterocycles. The molecule has 1 unspecified atom stereocenters. The van der Waals surface area contributed by atoms with E-state index in [0.29, 0.717) is 5.91 Å². The predicted molar refractivity (Wildman–Crippen MR) is 90.5 cm³/mol. The number of nitrogens with one attached hydrogen (secondary N) is 1. The molecule has 4 nitrogen and oxygen atoms in total. The number of nitrogens with zero attached hydrogens (tertiary/aromatic N) is 2. The van der Waals surface area contributed by atoms with Gasteiger partial charge in [-0.05, 0) is 32.9 Å². The average molecular weight is 338 g/mol. The van der Waals surface area contributed by atoms with Gasteiger partial charge in [0.2, 0.25) is 5.91 Å². The van der Waals surface area contributed by atoms with Gasteiger partial charge >= 0.3 is 0 Å². The second kappa shape index (κ2) is 8.00. The summed E-state index contributed by atoms with van der Waals surface area (Å²) in [6.45, 7) is 4.96. The van der Waals surface area contributed by atoms with Crippen LogP contribution in [0.25, 0.3) is 0 Å². The van der Waals surface area contributed by atoms with Crippen LogP contribution in [0.2, 0.25) is 0 Å². The fourth-order valence-electron chi connectivity index (χ4n) is 4.24. The summed E-state index contributed by atoms with van der Waals surface area (Å²) in [5.74, 6) is 0.669. The van der Waals surface area contributed by atoms with Crippen LogP contribution in [-0.4, -0.2) is 61.0 Å². The first-order valence-corrected chi connectivity index (χ1v) is 7.92. The van der Waals surface area contributed by atoms with E-state index in [-0.39, 0.29) is 36.3 Å². The molecule has 1 saturated carbocycles. The number of rotatable bonds is 1. The molecular weight excluding hydrogens is 309 g/mol. The lowest BCUT2D eigenvalue weighted by molar-refractivity contribution is -0.148. The summed E-state index contributed by atoms with van der Waals surface area (Å²) in [6.07, 6.45) is 7.38. The molecule has 124 valence electrons. The SMILES string of the molecule is CN1CCN(C(=O)C2CCNC2)C2(CCCCC2)C1.Cl.Cl. The normalized spacial score (nSPS) is 28.8. The number of hydrogen-bond donors (Lipinski definition) is 1. The van der Waals surface area contributed by atoms with Gasteiger partial charge in [-0.15, -0.1) is 24.8 Å². The lowest BCUT2D eigenvalue weighted by Gasteiger charge is -2.52. The Morgan fingerprint density at radius 1 is 1.14 bits per heavy atom. The Bertz CT molecular complexity index is 342. The van der Waals surface area contributed by atoms with E-state index in [1.807, 2.05) is 0 Å². The summed E-state index contributed by atoms with van der Waals surface area (Å²) in [5.41, 5.74) is 0.158. The van der Waals surface area contributed by atoms with Crippen molar-refractivity contribution in [2.24, 2.45) is 5.92 Å². The Balaban J connectivity index is 0.00000110. The lowest BCUT2D eigenvalue weighted by atomic mass is 9.78. The van der Waals surface area contributed by atoms with Crippen molar-refractivity contribution in [1.29, 1.82) is 0 Å². The van der Waals surface area contributed by atoms with E-state index in [1.54, 1.807) is 0 Å². The van der Waals surface area contributed by atoms with Gasteiger partial charge in [-0.3, -0.25) is 4.79 Å². The first-order chi connectivity index (χ1) is 9.21. The van der Waals surface area contributed by atoms with E-state index in [0.717, 1.165) is 39.1 Å². The molecule has 1 aliphatic carbocycles. The Morgan fingerprint density at radius 3 is 2.48 bits per heavy atom. The van der Waals surface area contributed by atoms with Crippen molar-refractivity contribution in [3.8, 4) is 0 Å². The molecule has 21 heavy (non-hydrogen) atoms. The van der Waals surface area contributed by atoms with Crippen molar-refractivity contribution in [1.82, 2.24) is 15.1 Å². The average Bonchev–Trinajstić information content (AvgIpc) is 2.93. The van der Waals surface area contributed by atoms with Crippen LogP contribution in [0.4, 0.5) is 0 Å². The number of amides is 1. The molecule has 1 N–H and O–H groups in total. The minimum atomic E-state index is 0. The Morgan fingerprint density at radius 2 is 1.86 bits per heavy atom. The first-order valence-electron chi connectivity index (χ1n) is 7.92. The Kier molecular flexibility index (Phi) is 7.25. The summed E-state index contributed by atoms with van der Waals surface area (Å²) >= 11 is 0. The highest BCUT2D eigenvalue weighted by Crippen LogP contribution is 2.37. The fraction of sp³-hybridized carbons (Fsp3) is 0.933. The van der Waals surface area contributed by atoms with Gasteiger partial charge in [-0.25, -0.2) is 0 Å². The van der Waals surface area contributed by atoms with E-state index < -0.39 is 0 Å². The maximum Gasteiger partial charge on any atom is 0.227 e. The van der Waals surface area contributed by atoms with Gasteiger partial charge in [0.05, 0.1) is 11.5 Å². The molecule has 0 bridgehead atoms. The number of carbonyl (C=O) groups is 1. The minimum Gasteiger partial charge on any atom is -0.334 e. The summed E-state index contributed by atoms with van der Waals surface area (Å²) in [5, 5.41) is 3.33. The lowest BCUT2D eigenvalue weighted by Crippen LogP contribution is -2.64. The standard InChI is InChI=1S/C15H27N3O.2ClH/c1-17-9-10-18(14(19)13-5-8-16-11-13)15(12-17)6-3-2-4-7-15;;/h13,16H,2-12H2,1H3;2*1H. The van der Waals surface area contributed by atoms with Gasteiger partial charge in [0.25, 0.3) is 0 Å². The molecule has 1 amide bonds. The third-order valence-electron chi connectivity index (χ3n) is 5.30. The third kappa shape index (κ3) is 3.84. The van der Waals surface area contributed by atoms with E-state index in [1.165, 1.54) is 32.1 Å². The van der Waals surface area contributed by atoms with Gasteiger partial charge in [0, 0.05) is 26.2 Å². The minimum absolute atomic E-state index is 0. The topological polar surface area (TPSA) is 35.6 Å². The molecule has 1 spiro atoms. The predicted octanol–water partition coefficient (Wildman–Crippen LogP) is 1.92. The van der Waals surface area contributed by atoms with E-state index in [4.69, 9.17) is 0 Å². The molecule has 3 aliphatic rings. The summed E-state index contributed by atoms with van der Waals surface area (Å²) in [7, 11) is 2.20. The quantitative estimate of drug-likeness (QED) is 0.793. The highest BCUT2D eigenvalue weighted by Gasteiger charge is 2.45. The van der Waals surface area contributed by atoms with E-state index in [9.17, 15) is 4.79 Å². The summed E-state index contributed by atoms with van der Waals surface area (Å²) in [6, 6.07) is 0. The number of piperazine rings is 1. The van der Waals surface area contributed by atoms with E-state index >= 15 is 0 Å². The Labute approximate surface area is 140 Å². The number of likely N-dealkylation sites (N-methyl/N-ethyl adjacent to an activating group) is 1. The number of carbonyl (C=O) groups excluding carboxylic acids is 1. The summed E-state index contributed by atoms with van der Waals surface area (Å²) < 4.78 is 0. The van der Waals surface area contributed by atoms with Crippen LogP contribution in [0.5, 0.6) is 0 Å². The molecule has 3 rings (SSSR count). The monoisotopic (exact) mass is 337 g/mol. The zero-order valence-electron chi connectivity index (χ0n) is 13.0. The first kappa shape index (κ1) is 19.0. The zero-order chi connectivity index (χ0) is 13.3. The molecule has 0 radical (unpaired) electrons. The van der Waals surface area contributed by atoms with Crippen molar-refractivity contribution in [2.75, 3.05) is 39.8 Å². The molecule has 6 heteroatoms. The fourth-order valence-corrected chi connectivity index (χ4v) is 4.24. The molecule has 2 saturated heterocycles. The van der Waals surface area contributed by atoms with Crippen molar-refractivity contribution >= 4 is 30.7 Å². The maximum atomic E-state index is 12.8. The maximum absolute atomic E-state index is 12.8. The van der Waals surface area contributed by atoms with E-state index in [2.05, 4.69) is 22.2 Å². The number of hydrogen-bond acceptors (Lipinski definition) is 3. The highest BCUT2D eigenvalue weighted by atomic mass is 35.5. The van der Waals surface area contributed by atoms with Crippen LogP contribution >= 0.6 is 24.8 Å². The third-order valence-corrected chi connectivity index (χ3v) is 5.30. The van der Waals surface area contributed by atoms with Gasteiger partial charge < -0.3 is 15.1 Å². The van der Waals surface area contributed by atoms with Gasteiger partial charge in [-0.1, -0.05) is 19.3 Å². The van der Waals surface area contributed by atoms with Crippen LogP contribution in [0, 0.1) is 5.92 Å². The summed E-state index contributed by atoms with van der Waals surface area (Å²) in [4.78, 5) is 17.5. The molecule has 3 fully saturated rings. The van der Waals surface area contributed by atoms with Gasteiger partial charge in [-0.2, -0.15) is 0 Å². The van der Waals surface area contributed by atoms with Crippen molar-refractivity contribution < 1.29 is 4.79 Å². The van der Waals surface area contributed by atoms with Crippen LogP contribution in [-0.2, 0) is 4.79 Å². The van der Waals surface area contributed by atoms with Crippen LogP contribution in [0.1, 0.15) is 38.5 Å². The molecule has 0 aromatic heterocycles. The largest absolute Gasteiger partial charge is 0.334 e. The Hall–Kier alpha value is -0.0300. The molecule has 2 aliphatic heterocycles. The molecular formula is C15H29Cl2N3O. The zero-order valence-corrected chi connectivity index (χ0v) is 14.6.